The fourth-order valence-corrected chi connectivity index (χ4v) is 5.14. The molecule has 4 aromatic rings. The standard InChI is InChI=1S/C20H15ClN2O3S2/c21-19-9-8-17(27-19)15-6-7-16(10-14-4-2-1-3-5-14)18(11-15)28(24,25)23-20-12-26-13-22-20/h1-9,11-13,23H,10H2. The summed E-state index contributed by atoms with van der Waals surface area (Å²) in [6.45, 7) is 0. The van der Waals surface area contributed by atoms with Gasteiger partial charge in [-0.15, -0.1) is 11.3 Å². The summed E-state index contributed by atoms with van der Waals surface area (Å²) in [7, 11) is -3.86. The van der Waals surface area contributed by atoms with Gasteiger partial charge in [0.2, 0.25) is 0 Å². The molecule has 0 aliphatic heterocycles. The van der Waals surface area contributed by atoms with Crippen molar-refractivity contribution in [2.24, 2.45) is 0 Å². The van der Waals surface area contributed by atoms with Crippen molar-refractivity contribution in [3.8, 4) is 10.4 Å². The zero-order chi connectivity index (χ0) is 19.6. The van der Waals surface area contributed by atoms with Gasteiger partial charge in [-0.1, -0.05) is 54.1 Å². The van der Waals surface area contributed by atoms with E-state index in [0.717, 1.165) is 16.0 Å². The minimum atomic E-state index is -3.86. The van der Waals surface area contributed by atoms with Crippen LogP contribution in [0.15, 0.2) is 82.6 Å². The molecule has 2 heterocycles. The lowest BCUT2D eigenvalue weighted by molar-refractivity contribution is 0.558. The molecule has 0 atom stereocenters. The first-order chi connectivity index (χ1) is 13.5. The minimum Gasteiger partial charge on any atom is -0.449 e. The fraction of sp³-hybridized carbons (Fsp3) is 0.0500. The predicted octanol–water partition coefficient (Wildman–Crippen LogP) is 5.45. The lowest BCUT2D eigenvalue weighted by Crippen LogP contribution is -2.15. The van der Waals surface area contributed by atoms with E-state index in [9.17, 15) is 8.42 Å². The molecule has 0 aliphatic carbocycles. The Morgan fingerprint density at radius 3 is 2.57 bits per heavy atom. The van der Waals surface area contributed by atoms with Gasteiger partial charge in [0.15, 0.2) is 12.2 Å². The Morgan fingerprint density at radius 2 is 1.89 bits per heavy atom. The minimum absolute atomic E-state index is 0.134. The van der Waals surface area contributed by atoms with E-state index in [1.165, 1.54) is 24.0 Å². The molecule has 2 aromatic heterocycles. The SMILES string of the molecule is O=S(=O)(Nc1cocn1)c1cc(-c2ccc(Cl)s2)ccc1Cc1ccccc1. The lowest BCUT2D eigenvalue weighted by Gasteiger charge is -2.13. The maximum atomic E-state index is 13.1. The average Bonchev–Trinajstić information content (AvgIpc) is 3.34. The first-order valence-corrected chi connectivity index (χ1v) is 11.0. The van der Waals surface area contributed by atoms with E-state index >= 15 is 0 Å². The monoisotopic (exact) mass is 430 g/mol. The summed E-state index contributed by atoms with van der Waals surface area (Å²) in [5.74, 6) is 0.134. The van der Waals surface area contributed by atoms with E-state index in [4.69, 9.17) is 16.0 Å². The highest BCUT2D eigenvalue weighted by atomic mass is 35.5. The Morgan fingerprint density at radius 1 is 1.07 bits per heavy atom. The second kappa shape index (κ2) is 7.79. The molecule has 8 heteroatoms. The number of anilines is 1. The second-order valence-electron chi connectivity index (χ2n) is 6.07. The smallest absolute Gasteiger partial charge is 0.263 e. The van der Waals surface area contributed by atoms with E-state index in [-0.39, 0.29) is 10.7 Å². The number of rotatable bonds is 6. The predicted molar refractivity (Wildman–Crippen MR) is 111 cm³/mol. The van der Waals surface area contributed by atoms with Gasteiger partial charge in [0.05, 0.1) is 9.23 Å². The number of aromatic nitrogens is 1. The van der Waals surface area contributed by atoms with E-state index in [1.807, 2.05) is 48.5 Å². The normalized spacial score (nSPS) is 11.5. The van der Waals surface area contributed by atoms with Crippen LogP contribution in [-0.4, -0.2) is 13.4 Å². The van der Waals surface area contributed by atoms with Crippen LogP contribution >= 0.6 is 22.9 Å². The quantitative estimate of drug-likeness (QED) is 0.441. The van der Waals surface area contributed by atoms with Gasteiger partial charge in [0.25, 0.3) is 10.0 Å². The van der Waals surface area contributed by atoms with Crippen molar-refractivity contribution in [3.63, 3.8) is 0 Å². The van der Waals surface area contributed by atoms with Crippen LogP contribution in [0.2, 0.25) is 4.34 Å². The number of halogens is 1. The van der Waals surface area contributed by atoms with Crippen LogP contribution in [0.3, 0.4) is 0 Å². The van der Waals surface area contributed by atoms with Crippen molar-refractivity contribution in [2.45, 2.75) is 11.3 Å². The van der Waals surface area contributed by atoms with Gasteiger partial charge in [-0.25, -0.2) is 8.42 Å². The van der Waals surface area contributed by atoms with Crippen molar-refractivity contribution in [3.05, 3.63) is 88.8 Å². The Kier molecular flexibility index (Phi) is 5.21. The van der Waals surface area contributed by atoms with Crippen LogP contribution in [-0.2, 0) is 16.4 Å². The number of sulfonamides is 1. The molecule has 0 unspecified atom stereocenters. The molecule has 0 amide bonds. The van der Waals surface area contributed by atoms with Gasteiger partial charge in [0.1, 0.15) is 6.26 Å². The first-order valence-electron chi connectivity index (χ1n) is 8.35. The molecule has 4 rings (SSSR count). The summed E-state index contributed by atoms with van der Waals surface area (Å²) < 4.78 is 34.2. The van der Waals surface area contributed by atoms with Gasteiger partial charge < -0.3 is 4.42 Å². The van der Waals surface area contributed by atoms with Crippen LogP contribution in [0, 0.1) is 0 Å². The number of benzene rings is 2. The summed E-state index contributed by atoms with van der Waals surface area (Å²) in [4.78, 5) is 4.95. The Labute approximate surface area is 171 Å². The Balaban J connectivity index is 1.79. The molecule has 0 spiro atoms. The number of hydrogen-bond donors (Lipinski definition) is 1. The molecule has 0 fully saturated rings. The topological polar surface area (TPSA) is 72.2 Å². The molecule has 1 N–H and O–H groups in total. The van der Waals surface area contributed by atoms with E-state index in [2.05, 4.69) is 9.71 Å². The third-order valence-electron chi connectivity index (χ3n) is 4.12. The van der Waals surface area contributed by atoms with Crippen LogP contribution in [0.25, 0.3) is 10.4 Å². The molecule has 142 valence electrons. The van der Waals surface area contributed by atoms with Crippen molar-refractivity contribution >= 4 is 38.8 Å². The molecular formula is C20H15ClN2O3S2. The van der Waals surface area contributed by atoms with Gasteiger partial charge in [-0.3, -0.25) is 4.72 Å². The van der Waals surface area contributed by atoms with E-state index < -0.39 is 10.0 Å². The largest absolute Gasteiger partial charge is 0.449 e. The number of oxazole rings is 1. The van der Waals surface area contributed by atoms with Crippen LogP contribution in [0.4, 0.5) is 5.82 Å². The van der Waals surface area contributed by atoms with Gasteiger partial charge >= 0.3 is 0 Å². The van der Waals surface area contributed by atoms with Crippen molar-refractivity contribution < 1.29 is 12.8 Å². The van der Waals surface area contributed by atoms with Gasteiger partial charge in [-0.05, 0) is 41.3 Å². The van der Waals surface area contributed by atoms with Crippen molar-refractivity contribution in [1.82, 2.24) is 4.98 Å². The van der Waals surface area contributed by atoms with Crippen LogP contribution in [0.1, 0.15) is 11.1 Å². The Hall–Kier alpha value is -2.61. The lowest BCUT2D eigenvalue weighted by atomic mass is 10.0. The zero-order valence-electron chi connectivity index (χ0n) is 14.5. The Bertz CT molecular complexity index is 1190. The second-order valence-corrected chi connectivity index (χ2v) is 9.43. The van der Waals surface area contributed by atoms with Gasteiger partial charge in [0, 0.05) is 4.88 Å². The summed E-state index contributed by atoms with van der Waals surface area (Å²) in [5, 5.41) is 0. The highest BCUT2D eigenvalue weighted by Crippen LogP contribution is 2.34. The molecule has 5 nitrogen and oxygen atoms in total. The third-order valence-corrected chi connectivity index (χ3v) is 6.84. The van der Waals surface area contributed by atoms with E-state index in [0.29, 0.717) is 16.3 Å². The summed E-state index contributed by atoms with van der Waals surface area (Å²) in [5.41, 5.74) is 2.50. The molecule has 0 aliphatic rings. The molecule has 0 radical (unpaired) electrons. The van der Waals surface area contributed by atoms with Crippen LogP contribution in [0.5, 0.6) is 0 Å². The average molecular weight is 431 g/mol. The molecule has 2 aromatic carbocycles. The zero-order valence-corrected chi connectivity index (χ0v) is 16.9. The summed E-state index contributed by atoms with van der Waals surface area (Å²) in [6.07, 6.45) is 2.91. The number of nitrogens with zero attached hydrogens (tertiary/aromatic N) is 1. The highest BCUT2D eigenvalue weighted by Gasteiger charge is 2.21. The molecule has 0 bridgehead atoms. The maximum Gasteiger partial charge on any atom is 0.263 e. The molecule has 0 saturated heterocycles. The number of nitrogens with one attached hydrogen (secondary N) is 1. The van der Waals surface area contributed by atoms with Gasteiger partial charge in [-0.2, -0.15) is 4.98 Å². The van der Waals surface area contributed by atoms with Crippen LogP contribution < -0.4 is 4.72 Å². The van der Waals surface area contributed by atoms with Crippen molar-refractivity contribution in [2.75, 3.05) is 4.72 Å². The highest BCUT2D eigenvalue weighted by molar-refractivity contribution is 7.92. The number of thiophene rings is 1. The maximum absolute atomic E-state index is 13.1. The summed E-state index contributed by atoms with van der Waals surface area (Å²) >= 11 is 7.44. The van der Waals surface area contributed by atoms with Crippen molar-refractivity contribution in [1.29, 1.82) is 0 Å². The fourth-order valence-electron chi connectivity index (χ4n) is 2.84. The first kappa shape index (κ1) is 18.7. The summed E-state index contributed by atoms with van der Waals surface area (Å²) in [6, 6.07) is 18.8. The molecule has 0 saturated carbocycles. The number of hydrogen-bond acceptors (Lipinski definition) is 5. The molecular weight excluding hydrogens is 416 g/mol. The van der Waals surface area contributed by atoms with E-state index in [1.54, 1.807) is 12.1 Å². The third kappa shape index (κ3) is 4.11. The molecule has 28 heavy (non-hydrogen) atoms.